The second kappa shape index (κ2) is 18.4. The van der Waals surface area contributed by atoms with E-state index in [0.29, 0.717) is 36.7 Å². The first-order valence-corrected chi connectivity index (χ1v) is 19.9. The lowest BCUT2D eigenvalue weighted by molar-refractivity contribution is -0.252. The van der Waals surface area contributed by atoms with Gasteiger partial charge in [-0.2, -0.15) is 0 Å². The molecule has 14 heteroatoms. The first kappa shape index (κ1) is 43.6. The van der Waals surface area contributed by atoms with E-state index in [9.17, 15) is 19.8 Å². The lowest BCUT2D eigenvalue weighted by Crippen LogP contribution is -2.63. The Bertz CT molecular complexity index is 1820. The molecule has 1 aliphatic heterocycles. The number of benzene rings is 1. The molecule has 2 N–H and O–H groups in total. The lowest BCUT2D eigenvalue weighted by atomic mass is 9.55. The van der Waals surface area contributed by atoms with Gasteiger partial charge in [0.2, 0.25) is 11.5 Å². The molecule has 1 fully saturated rings. The van der Waals surface area contributed by atoms with Crippen molar-refractivity contribution in [1.29, 1.82) is 0 Å². The van der Waals surface area contributed by atoms with E-state index in [4.69, 9.17) is 28.5 Å². The van der Waals surface area contributed by atoms with E-state index in [-0.39, 0.29) is 55.4 Å². The van der Waals surface area contributed by atoms with E-state index in [2.05, 4.69) is 34.7 Å². The highest BCUT2D eigenvalue weighted by molar-refractivity contribution is 6.03. The van der Waals surface area contributed by atoms with Crippen molar-refractivity contribution in [1.82, 2.24) is 15.0 Å². The molecule has 2 heterocycles. The molecule has 1 saturated carbocycles. The van der Waals surface area contributed by atoms with Crippen LogP contribution in [0.25, 0.3) is 0 Å². The molecule has 0 radical (unpaired) electrons. The van der Waals surface area contributed by atoms with Gasteiger partial charge in [-0.1, -0.05) is 48.0 Å². The lowest BCUT2D eigenvalue weighted by Gasteiger charge is -2.58. The number of aromatic nitrogens is 3. The van der Waals surface area contributed by atoms with E-state index in [0.717, 1.165) is 36.8 Å². The average Bonchev–Trinajstić information content (AvgIpc) is 3.59. The van der Waals surface area contributed by atoms with Crippen LogP contribution in [0.1, 0.15) is 125 Å². The highest BCUT2D eigenvalue weighted by Crippen LogP contribution is 2.63. The van der Waals surface area contributed by atoms with Gasteiger partial charge in [-0.15, -0.1) is 11.7 Å². The number of ether oxygens (including phenoxy) is 5. The molecule has 3 aliphatic rings. The Labute approximate surface area is 335 Å². The molecule has 0 amide bonds. The predicted octanol–water partition coefficient (Wildman–Crippen LogP) is 6.89. The number of hydrogen-bond acceptors (Lipinski definition) is 13. The van der Waals surface area contributed by atoms with E-state index >= 15 is 0 Å². The van der Waals surface area contributed by atoms with Crippen LogP contribution in [0.2, 0.25) is 0 Å². The summed E-state index contributed by atoms with van der Waals surface area (Å²) in [5, 5.41) is 33.0. The fourth-order valence-corrected chi connectivity index (χ4v) is 8.43. The molecule has 14 nitrogen and oxygen atoms in total. The molecule has 0 spiro atoms. The van der Waals surface area contributed by atoms with Crippen LogP contribution in [-0.4, -0.2) is 93.4 Å². The van der Waals surface area contributed by atoms with Crippen LogP contribution in [0.4, 0.5) is 0 Å². The van der Waals surface area contributed by atoms with E-state index in [1.165, 1.54) is 11.8 Å². The Morgan fingerprint density at radius 1 is 0.982 bits per heavy atom. The Morgan fingerprint density at radius 3 is 2.28 bits per heavy atom. The standard InChI is InChI=1S/C43H60N4O10/c1-10-22-53-28-18-19-33-31(25-28)35-29(17-13-15-21-49)27(16-12-14-20-48)24-30-32(45-52-9)26-34(43(55-33,36(30)35)54-23-11-2)47-38(40(51)57-42(6,7)8)37(44-46-47)39(50)56-41(3,4)5/h10-11,18-19,24-25,27,29,34-36,48-49H,1-2,12-17,20-23,26H2,3-9H3/t27-,29+,34-,35+,36+,43+/m0/s1. The number of allylic oxidation sites excluding steroid dienone is 1. The summed E-state index contributed by atoms with van der Waals surface area (Å²) in [7, 11) is 1.48. The second-order valence-electron chi connectivity index (χ2n) is 16.8. The number of aliphatic hydroxyl groups is 2. The van der Waals surface area contributed by atoms with Gasteiger partial charge in [0.05, 0.1) is 18.2 Å². The molecule has 5 rings (SSSR count). The average molecular weight is 793 g/mol. The van der Waals surface area contributed by atoms with Crippen LogP contribution in [-0.2, 0) is 19.0 Å². The zero-order valence-corrected chi connectivity index (χ0v) is 34.5. The largest absolute Gasteiger partial charge is 0.490 e. The van der Waals surface area contributed by atoms with Crippen molar-refractivity contribution in [3.05, 3.63) is 72.1 Å². The third-order valence-electron chi connectivity index (χ3n) is 10.4. The van der Waals surface area contributed by atoms with Gasteiger partial charge in [-0.3, -0.25) is 0 Å². The maximum Gasteiger partial charge on any atom is 0.362 e. The van der Waals surface area contributed by atoms with E-state index < -0.39 is 40.9 Å². The fourth-order valence-electron chi connectivity index (χ4n) is 8.43. The summed E-state index contributed by atoms with van der Waals surface area (Å²) >= 11 is 0. The van der Waals surface area contributed by atoms with Gasteiger partial charge in [-0.25, -0.2) is 14.3 Å². The highest BCUT2D eigenvalue weighted by atomic mass is 16.7. The van der Waals surface area contributed by atoms with Gasteiger partial charge in [0, 0.05) is 31.1 Å². The van der Waals surface area contributed by atoms with Gasteiger partial charge in [0.1, 0.15) is 42.5 Å². The van der Waals surface area contributed by atoms with Crippen molar-refractivity contribution in [2.45, 2.75) is 115 Å². The summed E-state index contributed by atoms with van der Waals surface area (Å²) in [5.74, 6) is -2.83. The summed E-state index contributed by atoms with van der Waals surface area (Å²) in [4.78, 5) is 33.6. The number of oxime groups is 1. The van der Waals surface area contributed by atoms with Gasteiger partial charge < -0.3 is 38.7 Å². The highest BCUT2D eigenvalue weighted by Gasteiger charge is 2.65. The molecule has 57 heavy (non-hydrogen) atoms. The number of aliphatic hydroxyl groups excluding tert-OH is 2. The normalized spacial score (nSPS) is 24.7. The second-order valence-corrected chi connectivity index (χ2v) is 16.8. The van der Waals surface area contributed by atoms with Crippen molar-refractivity contribution in [2.24, 2.45) is 22.9 Å². The summed E-state index contributed by atoms with van der Waals surface area (Å²) in [5.41, 5.74) is -0.00403. The van der Waals surface area contributed by atoms with Crippen LogP contribution in [0.3, 0.4) is 0 Å². The smallest absolute Gasteiger partial charge is 0.362 e. The quantitative estimate of drug-likeness (QED) is 0.0694. The van der Waals surface area contributed by atoms with Crippen molar-refractivity contribution in [3.63, 3.8) is 0 Å². The van der Waals surface area contributed by atoms with E-state index in [1.54, 1.807) is 53.7 Å². The number of rotatable bonds is 18. The minimum atomic E-state index is -1.57. The van der Waals surface area contributed by atoms with Gasteiger partial charge >= 0.3 is 11.9 Å². The molecule has 312 valence electrons. The van der Waals surface area contributed by atoms with Crippen LogP contribution < -0.4 is 9.47 Å². The molecule has 0 unspecified atom stereocenters. The number of nitrogens with zero attached hydrogens (tertiary/aromatic N) is 4. The summed E-state index contributed by atoms with van der Waals surface area (Å²) in [6.45, 7) is 18.7. The van der Waals surface area contributed by atoms with E-state index in [1.807, 2.05) is 18.2 Å². The Kier molecular flexibility index (Phi) is 14.1. The van der Waals surface area contributed by atoms with Crippen molar-refractivity contribution in [3.8, 4) is 11.5 Å². The minimum absolute atomic E-state index is 0.00828. The molecule has 6 atom stereocenters. The van der Waals surface area contributed by atoms with Crippen molar-refractivity contribution >= 4 is 17.7 Å². The van der Waals surface area contributed by atoms with Crippen molar-refractivity contribution < 1.29 is 48.3 Å². The number of esters is 2. The molecule has 2 aliphatic carbocycles. The predicted molar refractivity (Wildman–Crippen MR) is 213 cm³/mol. The minimum Gasteiger partial charge on any atom is -0.490 e. The monoisotopic (exact) mass is 792 g/mol. The third-order valence-corrected chi connectivity index (χ3v) is 10.4. The van der Waals surface area contributed by atoms with Gasteiger partial charge in [0.25, 0.3) is 0 Å². The maximum absolute atomic E-state index is 14.3. The third kappa shape index (κ3) is 9.61. The fraction of sp³-hybridized carbons (Fsp3) is 0.605. The van der Waals surface area contributed by atoms with Gasteiger partial charge in [0.15, 0.2) is 5.69 Å². The van der Waals surface area contributed by atoms with Crippen LogP contribution in [0.15, 0.2) is 60.3 Å². The van der Waals surface area contributed by atoms with Crippen LogP contribution in [0, 0.1) is 17.8 Å². The Morgan fingerprint density at radius 2 is 1.65 bits per heavy atom. The Balaban J connectivity index is 1.84. The number of fused-ring (bicyclic) bond motifs is 2. The first-order chi connectivity index (χ1) is 27.1. The molecular formula is C43H60N4O10. The summed E-state index contributed by atoms with van der Waals surface area (Å²) in [6, 6.07) is 4.74. The maximum atomic E-state index is 14.3. The number of carbonyl (C=O) groups excluding carboxylic acids is 2. The topological polar surface area (TPSA) is 173 Å². The Hall–Kier alpha value is -4.53. The van der Waals surface area contributed by atoms with Crippen LogP contribution in [0.5, 0.6) is 11.5 Å². The number of hydrogen-bond donors (Lipinski definition) is 2. The number of carbonyl (C=O) groups is 2. The number of unbranched alkanes of at least 4 members (excludes halogenated alkanes) is 2. The van der Waals surface area contributed by atoms with Crippen LogP contribution >= 0.6 is 0 Å². The molecule has 1 aromatic heterocycles. The zero-order chi connectivity index (χ0) is 41.5. The zero-order valence-electron chi connectivity index (χ0n) is 34.5. The first-order valence-electron chi connectivity index (χ1n) is 19.9. The molecular weight excluding hydrogens is 732 g/mol. The molecule has 2 aromatic rings. The summed E-state index contributed by atoms with van der Waals surface area (Å²) < 4.78 is 33.2. The van der Waals surface area contributed by atoms with Crippen molar-refractivity contribution in [2.75, 3.05) is 33.5 Å². The molecule has 1 aromatic carbocycles. The van der Waals surface area contributed by atoms with Gasteiger partial charge in [-0.05, 0) is 103 Å². The SMILES string of the molecule is C=CCOc1ccc2c(c1)[C@H]1[C@H](CCCCO)[C@@H](CCCCO)C=C3C(=NOC)C[C@H](n4nnc(C(=O)OC(C)(C)C)c4C(=O)OC(C)(C)C)[C@@](OCC=C)(O2)[C@H]31. The summed E-state index contributed by atoms with van der Waals surface area (Å²) in [6.07, 6.45) is 10.1. The molecule has 0 saturated heterocycles. The molecule has 0 bridgehead atoms.